The quantitative estimate of drug-likeness (QED) is 0.821. The van der Waals surface area contributed by atoms with Crippen molar-refractivity contribution in [2.45, 2.75) is 60.6 Å². The predicted octanol–water partition coefficient (Wildman–Crippen LogP) is 4.51. The standard InChI is InChI=1S/C19H28N2O2/c1-13(10-20)11-21(18(22)23-19(5,6)7)12-17-9-15(3)14(2)8-16(17)4/h8-9,13H,11-12H2,1-7H3. The van der Waals surface area contributed by atoms with Crippen LogP contribution >= 0.6 is 0 Å². The SMILES string of the molecule is Cc1cc(C)c(CN(CC(C)C#N)C(=O)OC(C)(C)C)cc1C. The smallest absolute Gasteiger partial charge is 0.410 e. The molecule has 0 saturated heterocycles. The Hall–Kier alpha value is -2.02. The number of aryl methyl sites for hydroxylation is 3. The zero-order valence-electron chi connectivity index (χ0n) is 15.4. The summed E-state index contributed by atoms with van der Waals surface area (Å²) in [4.78, 5) is 14.1. The van der Waals surface area contributed by atoms with Gasteiger partial charge >= 0.3 is 6.09 Å². The van der Waals surface area contributed by atoms with Crippen LogP contribution in [0.3, 0.4) is 0 Å². The number of nitriles is 1. The molecular formula is C19H28N2O2. The van der Waals surface area contributed by atoms with Crippen molar-refractivity contribution < 1.29 is 9.53 Å². The first-order chi connectivity index (χ1) is 10.5. The van der Waals surface area contributed by atoms with E-state index in [1.807, 2.05) is 34.6 Å². The molecule has 4 heteroatoms. The second kappa shape index (κ2) is 7.50. The summed E-state index contributed by atoms with van der Waals surface area (Å²) in [5.41, 5.74) is 4.11. The second-order valence-corrected chi connectivity index (χ2v) is 7.25. The van der Waals surface area contributed by atoms with Crippen molar-refractivity contribution in [2.24, 2.45) is 5.92 Å². The molecule has 0 spiro atoms. The van der Waals surface area contributed by atoms with E-state index in [4.69, 9.17) is 10.00 Å². The summed E-state index contributed by atoms with van der Waals surface area (Å²) >= 11 is 0. The minimum absolute atomic E-state index is 0.241. The van der Waals surface area contributed by atoms with Gasteiger partial charge in [0.2, 0.25) is 0 Å². The number of hydrogen-bond donors (Lipinski definition) is 0. The lowest BCUT2D eigenvalue weighted by atomic mass is 10.0. The zero-order chi connectivity index (χ0) is 17.8. The maximum absolute atomic E-state index is 12.5. The van der Waals surface area contributed by atoms with Gasteiger partial charge < -0.3 is 9.64 Å². The Morgan fingerprint density at radius 2 is 1.78 bits per heavy atom. The van der Waals surface area contributed by atoms with Crippen LogP contribution in [0.1, 0.15) is 49.9 Å². The Labute approximate surface area is 140 Å². The summed E-state index contributed by atoms with van der Waals surface area (Å²) < 4.78 is 5.49. The normalized spacial score (nSPS) is 12.4. The Morgan fingerprint density at radius 3 is 2.30 bits per heavy atom. The molecule has 0 radical (unpaired) electrons. The lowest BCUT2D eigenvalue weighted by Crippen LogP contribution is -2.38. The number of carbonyl (C=O) groups excluding carboxylic acids is 1. The molecule has 0 heterocycles. The van der Waals surface area contributed by atoms with Gasteiger partial charge in [-0.15, -0.1) is 0 Å². The van der Waals surface area contributed by atoms with Crippen LogP contribution in [0.15, 0.2) is 12.1 Å². The number of rotatable bonds is 4. The van der Waals surface area contributed by atoms with Crippen LogP contribution in [0.5, 0.6) is 0 Å². The van der Waals surface area contributed by atoms with Gasteiger partial charge in [0.05, 0.1) is 12.0 Å². The van der Waals surface area contributed by atoms with Gasteiger partial charge in [0.25, 0.3) is 0 Å². The van der Waals surface area contributed by atoms with Gasteiger partial charge in [-0.05, 0) is 70.7 Å². The van der Waals surface area contributed by atoms with Crippen molar-refractivity contribution in [3.8, 4) is 6.07 Å². The Balaban J connectivity index is 3.04. The Kier molecular flexibility index (Phi) is 6.20. The molecule has 0 aliphatic carbocycles. The minimum atomic E-state index is -0.552. The molecule has 0 N–H and O–H groups in total. The molecule has 1 amide bonds. The first-order valence-corrected chi connectivity index (χ1v) is 7.97. The van der Waals surface area contributed by atoms with E-state index < -0.39 is 5.60 Å². The van der Waals surface area contributed by atoms with Gasteiger partial charge in [0.15, 0.2) is 0 Å². The zero-order valence-corrected chi connectivity index (χ0v) is 15.4. The van der Waals surface area contributed by atoms with Crippen molar-refractivity contribution in [2.75, 3.05) is 6.54 Å². The molecular weight excluding hydrogens is 288 g/mol. The van der Waals surface area contributed by atoms with Crippen LogP contribution < -0.4 is 0 Å². The van der Waals surface area contributed by atoms with Gasteiger partial charge in [-0.2, -0.15) is 5.26 Å². The highest BCUT2D eigenvalue weighted by Gasteiger charge is 2.24. The fourth-order valence-electron chi connectivity index (χ4n) is 2.30. The molecule has 1 aromatic carbocycles. The first-order valence-electron chi connectivity index (χ1n) is 7.97. The van der Waals surface area contributed by atoms with E-state index in [1.165, 1.54) is 11.1 Å². The van der Waals surface area contributed by atoms with Crippen molar-refractivity contribution in [1.29, 1.82) is 5.26 Å². The van der Waals surface area contributed by atoms with Crippen molar-refractivity contribution >= 4 is 6.09 Å². The summed E-state index contributed by atoms with van der Waals surface area (Å²) in [7, 11) is 0. The lowest BCUT2D eigenvalue weighted by Gasteiger charge is -2.28. The number of amides is 1. The molecule has 0 aliphatic rings. The number of nitrogens with zero attached hydrogens (tertiary/aromatic N) is 2. The Bertz CT molecular complexity index is 609. The third kappa shape index (κ3) is 5.94. The van der Waals surface area contributed by atoms with E-state index in [0.717, 1.165) is 11.1 Å². The summed E-state index contributed by atoms with van der Waals surface area (Å²) in [6.45, 7) is 14.3. The number of benzene rings is 1. The number of carbonyl (C=O) groups is 1. The van der Waals surface area contributed by atoms with Crippen LogP contribution in [0.2, 0.25) is 0 Å². The highest BCUT2D eigenvalue weighted by Crippen LogP contribution is 2.19. The topological polar surface area (TPSA) is 53.3 Å². The fourth-order valence-corrected chi connectivity index (χ4v) is 2.30. The monoisotopic (exact) mass is 316 g/mol. The van der Waals surface area contributed by atoms with Crippen LogP contribution in [-0.2, 0) is 11.3 Å². The molecule has 0 fully saturated rings. The molecule has 126 valence electrons. The van der Waals surface area contributed by atoms with Gasteiger partial charge in [-0.1, -0.05) is 12.1 Å². The predicted molar refractivity (Wildman–Crippen MR) is 92.1 cm³/mol. The fraction of sp³-hybridized carbons (Fsp3) is 0.579. The third-order valence-corrected chi connectivity index (χ3v) is 3.68. The van der Waals surface area contributed by atoms with E-state index in [9.17, 15) is 4.79 Å². The number of hydrogen-bond acceptors (Lipinski definition) is 3. The summed E-state index contributed by atoms with van der Waals surface area (Å²) in [5.74, 6) is -0.241. The average Bonchev–Trinajstić information content (AvgIpc) is 2.41. The molecule has 0 bridgehead atoms. The van der Waals surface area contributed by atoms with Crippen LogP contribution in [0, 0.1) is 38.0 Å². The van der Waals surface area contributed by atoms with Crippen molar-refractivity contribution in [3.05, 3.63) is 34.4 Å². The first kappa shape index (κ1) is 19.0. The molecule has 0 aromatic heterocycles. The highest BCUT2D eigenvalue weighted by molar-refractivity contribution is 5.68. The van der Waals surface area contributed by atoms with Gasteiger partial charge in [-0.3, -0.25) is 0 Å². The number of ether oxygens (including phenoxy) is 1. The molecule has 4 nitrogen and oxygen atoms in total. The summed E-state index contributed by atoms with van der Waals surface area (Å²) in [6, 6.07) is 6.43. The summed E-state index contributed by atoms with van der Waals surface area (Å²) in [5, 5.41) is 9.07. The molecule has 23 heavy (non-hydrogen) atoms. The molecule has 0 aliphatic heterocycles. The maximum atomic E-state index is 12.5. The van der Waals surface area contributed by atoms with Gasteiger partial charge in [0, 0.05) is 13.1 Å². The van der Waals surface area contributed by atoms with Gasteiger partial charge in [-0.25, -0.2) is 4.79 Å². The Morgan fingerprint density at radius 1 is 1.22 bits per heavy atom. The highest BCUT2D eigenvalue weighted by atomic mass is 16.6. The molecule has 1 rings (SSSR count). The largest absolute Gasteiger partial charge is 0.444 e. The van der Waals surface area contributed by atoms with Crippen molar-refractivity contribution in [3.63, 3.8) is 0 Å². The molecule has 0 saturated carbocycles. The lowest BCUT2D eigenvalue weighted by molar-refractivity contribution is 0.0219. The van der Waals surface area contributed by atoms with Crippen LogP contribution in [0.4, 0.5) is 4.79 Å². The van der Waals surface area contributed by atoms with E-state index in [-0.39, 0.29) is 12.0 Å². The summed E-state index contributed by atoms with van der Waals surface area (Å²) in [6.07, 6.45) is -0.378. The molecule has 1 unspecified atom stereocenters. The second-order valence-electron chi connectivity index (χ2n) is 7.25. The molecule has 1 atom stereocenters. The molecule has 1 aromatic rings. The minimum Gasteiger partial charge on any atom is -0.444 e. The van der Waals surface area contributed by atoms with E-state index >= 15 is 0 Å². The van der Waals surface area contributed by atoms with E-state index in [1.54, 1.807) is 4.90 Å². The average molecular weight is 316 g/mol. The van der Waals surface area contributed by atoms with Crippen LogP contribution in [0.25, 0.3) is 0 Å². The van der Waals surface area contributed by atoms with Crippen LogP contribution in [-0.4, -0.2) is 23.1 Å². The van der Waals surface area contributed by atoms with Crippen molar-refractivity contribution in [1.82, 2.24) is 4.90 Å². The van der Waals surface area contributed by atoms with E-state index in [2.05, 4.69) is 32.0 Å². The third-order valence-electron chi connectivity index (χ3n) is 3.68. The van der Waals surface area contributed by atoms with Gasteiger partial charge in [0.1, 0.15) is 5.60 Å². The van der Waals surface area contributed by atoms with E-state index in [0.29, 0.717) is 13.1 Å². The maximum Gasteiger partial charge on any atom is 0.410 e.